The van der Waals surface area contributed by atoms with Crippen LogP contribution < -0.4 is 0 Å². The van der Waals surface area contributed by atoms with Crippen LogP contribution in [0.5, 0.6) is 0 Å². The lowest BCUT2D eigenvalue weighted by molar-refractivity contribution is 1.31. The Labute approximate surface area is 253 Å². The third-order valence-corrected chi connectivity index (χ3v) is 9.42. The molecule has 0 N–H and O–H groups in total. The van der Waals surface area contributed by atoms with E-state index in [-0.39, 0.29) is 0 Å². The maximum atomic E-state index is 2.46. The van der Waals surface area contributed by atoms with Crippen molar-refractivity contribution in [1.82, 2.24) is 8.80 Å². The molecule has 0 spiro atoms. The van der Waals surface area contributed by atoms with Gasteiger partial charge in [0.2, 0.25) is 0 Å². The highest BCUT2D eigenvalue weighted by molar-refractivity contribution is 6.16. The van der Waals surface area contributed by atoms with E-state index in [4.69, 9.17) is 0 Å². The summed E-state index contributed by atoms with van der Waals surface area (Å²) in [6.07, 6.45) is 0. The quantitative estimate of drug-likeness (QED) is 0.189. The minimum Gasteiger partial charge on any atom is -0.309 e. The van der Waals surface area contributed by atoms with Gasteiger partial charge < -0.3 is 8.80 Å². The summed E-state index contributed by atoms with van der Waals surface area (Å²) in [4.78, 5) is 0. The number of aromatic nitrogens is 2. The molecule has 204 valence electrons. The molecule has 2 heteroatoms. The lowest BCUT2D eigenvalue weighted by Crippen LogP contribution is -1.90. The van der Waals surface area contributed by atoms with Crippen LogP contribution in [0.25, 0.3) is 87.3 Å². The molecule has 0 aliphatic rings. The van der Waals surface area contributed by atoms with E-state index >= 15 is 0 Å². The van der Waals surface area contributed by atoms with E-state index in [2.05, 4.69) is 167 Å². The van der Waals surface area contributed by atoms with Gasteiger partial charge in [0, 0.05) is 32.6 Å². The van der Waals surface area contributed by atoms with Crippen molar-refractivity contribution in [2.75, 3.05) is 0 Å². The van der Waals surface area contributed by atoms with E-state index in [0.29, 0.717) is 0 Å². The molecular weight excluding hydrogens is 532 g/mol. The number of benzene rings is 7. The fraction of sp³-hybridized carbons (Fsp3) is 0. The van der Waals surface area contributed by atoms with Crippen LogP contribution in [0, 0.1) is 0 Å². The standard InChI is InChI=1S/C42H26N2/c1-2-10-27(11-3-1)30-22-31-26-32(23-30)44-40-17-9-7-15-36(40)38-21-19-29(25-42(38)44)34-13-5-4-12-33(34)28-18-20-37-35-14-6-8-16-39(35)43(31)41(37)24-28/h1-26H. The van der Waals surface area contributed by atoms with Crippen LogP contribution in [-0.4, -0.2) is 8.80 Å². The van der Waals surface area contributed by atoms with Gasteiger partial charge in [0.05, 0.1) is 22.1 Å². The number of hydrogen-bond donors (Lipinski definition) is 0. The average molecular weight is 559 g/mol. The Kier molecular flexibility index (Phi) is 4.75. The molecular formula is C42H26N2. The molecule has 10 aromatic rings. The summed E-state index contributed by atoms with van der Waals surface area (Å²) in [7, 11) is 0. The van der Waals surface area contributed by atoms with Crippen LogP contribution >= 0.6 is 0 Å². The molecule has 0 amide bonds. The maximum Gasteiger partial charge on any atom is 0.0547 e. The summed E-state index contributed by atoms with van der Waals surface area (Å²) in [5.74, 6) is 0. The van der Waals surface area contributed by atoms with Crippen LogP contribution in [0.1, 0.15) is 0 Å². The minimum atomic E-state index is 1.15. The van der Waals surface area contributed by atoms with E-state index in [0.717, 1.165) is 11.0 Å². The number of rotatable bonds is 1. The second-order valence-corrected chi connectivity index (χ2v) is 11.8. The van der Waals surface area contributed by atoms with Crippen molar-refractivity contribution in [3.63, 3.8) is 0 Å². The van der Waals surface area contributed by atoms with Gasteiger partial charge in [-0.25, -0.2) is 0 Å². The molecule has 0 atom stereocenters. The average Bonchev–Trinajstić information content (AvgIpc) is 3.60. The molecule has 3 aromatic heterocycles. The van der Waals surface area contributed by atoms with Crippen molar-refractivity contribution >= 4 is 76.2 Å². The molecule has 6 bridgehead atoms. The van der Waals surface area contributed by atoms with Crippen LogP contribution in [0.15, 0.2) is 158 Å². The topological polar surface area (TPSA) is 8.82 Å². The highest BCUT2D eigenvalue weighted by Crippen LogP contribution is 2.37. The molecule has 0 unspecified atom stereocenters. The fourth-order valence-electron chi connectivity index (χ4n) is 7.47. The second kappa shape index (κ2) is 8.82. The monoisotopic (exact) mass is 558 g/mol. The van der Waals surface area contributed by atoms with E-state index in [9.17, 15) is 0 Å². The number of para-hydroxylation sites is 2. The van der Waals surface area contributed by atoms with Crippen LogP contribution in [0.3, 0.4) is 0 Å². The zero-order chi connectivity index (χ0) is 28.8. The van der Waals surface area contributed by atoms with Crippen molar-refractivity contribution in [2.45, 2.75) is 0 Å². The van der Waals surface area contributed by atoms with Gasteiger partial charge in [0.1, 0.15) is 0 Å². The van der Waals surface area contributed by atoms with Crippen molar-refractivity contribution in [1.29, 1.82) is 0 Å². The maximum absolute atomic E-state index is 2.46. The second-order valence-electron chi connectivity index (χ2n) is 11.8. The first-order chi connectivity index (χ1) is 21.8. The van der Waals surface area contributed by atoms with Gasteiger partial charge in [-0.05, 0) is 75.1 Å². The zero-order valence-corrected chi connectivity index (χ0v) is 23.9. The Hall–Kier alpha value is -5.86. The Morgan fingerprint density at radius 3 is 1.23 bits per heavy atom. The van der Waals surface area contributed by atoms with Gasteiger partial charge >= 0.3 is 0 Å². The zero-order valence-electron chi connectivity index (χ0n) is 23.9. The number of hydrogen-bond acceptors (Lipinski definition) is 0. The predicted octanol–water partition coefficient (Wildman–Crippen LogP) is 11.3. The van der Waals surface area contributed by atoms with Gasteiger partial charge in [0.25, 0.3) is 0 Å². The molecule has 0 aliphatic carbocycles. The summed E-state index contributed by atoms with van der Waals surface area (Å²) < 4.78 is 4.92. The summed E-state index contributed by atoms with van der Waals surface area (Å²) in [5.41, 5.74) is 9.55. The van der Waals surface area contributed by atoms with E-state index in [1.807, 2.05) is 0 Å². The lowest BCUT2D eigenvalue weighted by Gasteiger charge is -2.08. The molecule has 7 aromatic carbocycles. The third kappa shape index (κ3) is 3.25. The van der Waals surface area contributed by atoms with Crippen molar-refractivity contribution < 1.29 is 0 Å². The highest BCUT2D eigenvalue weighted by atomic mass is 14.9. The number of nitrogens with zero attached hydrogens (tertiary/aromatic N) is 2. The molecule has 10 rings (SSSR count). The number of fused-ring (bicyclic) bond motifs is 15. The Morgan fingerprint density at radius 2 is 0.705 bits per heavy atom. The lowest BCUT2D eigenvalue weighted by atomic mass is 10.0. The molecule has 0 aliphatic heterocycles. The highest BCUT2D eigenvalue weighted by Gasteiger charge is 2.14. The first kappa shape index (κ1) is 23.7. The van der Waals surface area contributed by atoms with Crippen molar-refractivity contribution in [2.24, 2.45) is 0 Å². The molecule has 3 heterocycles. The molecule has 2 nitrogen and oxygen atoms in total. The predicted molar refractivity (Wildman–Crippen MR) is 188 cm³/mol. The Balaban J connectivity index is 1.59. The van der Waals surface area contributed by atoms with Crippen LogP contribution in [0.2, 0.25) is 0 Å². The molecule has 0 saturated heterocycles. The fourth-order valence-corrected chi connectivity index (χ4v) is 7.47. The van der Waals surface area contributed by atoms with Gasteiger partial charge in [-0.3, -0.25) is 0 Å². The summed E-state index contributed by atoms with van der Waals surface area (Å²) in [5, 5.41) is 9.97. The van der Waals surface area contributed by atoms with E-state index in [1.165, 1.54) is 76.3 Å². The van der Waals surface area contributed by atoms with Crippen molar-refractivity contribution in [3.05, 3.63) is 158 Å². The molecule has 0 fully saturated rings. The Bertz CT molecular complexity index is 2640. The molecule has 0 radical (unpaired) electrons. The SMILES string of the molecule is c1ccc(-c2cc3cc(c2)n2c4ccccc4c4ccc(cc42)c2ccccc2c2ccc4c5ccccc5n3c4c2)cc1. The Morgan fingerprint density at radius 1 is 0.273 bits per heavy atom. The van der Waals surface area contributed by atoms with Crippen LogP contribution in [0.4, 0.5) is 0 Å². The van der Waals surface area contributed by atoms with Gasteiger partial charge in [-0.1, -0.05) is 115 Å². The largest absolute Gasteiger partial charge is 0.309 e. The minimum absolute atomic E-state index is 1.15. The summed E-state index contributed by atoms with van der Waals surface area (Å²) in [6, 6.07) is 58.2. The van der Waals surface area contributed by atoms with Gasteiger partial charge in [-0.2, -0.15) is 0 Å². The van der Waals surface area contributed by atoms with Gasteiger partial charge in [-0.15, -0.1) is 0 Å². The van der Waals surface area contributed by atoms with E-state index < -0.39 is 0 Å². The summed E-state index contributed by atoms with van der Waals surface area (Å²) >= 11 is 0. The van der Waals surface area contributed by atoms with Crippen molar-refractivity contribution in [3.8, 4) is 11.1 Å². The van der Waals surface area contributed by atoms with Gasteiger partial charge in [0.15, 0.2) is 0 Å². The molecule has 0 saturated carbocycles. The first-order valence-electron chi connectivity index (χ1n) is 15.2. The third-order valence-electron chi connectivity index (χ3n) is 9.42. The van der Waals surface area contributed by atoms with E-state index in [1.54, 1.807) is 0 Å². The first-order valence-corrected chi connectivity index (χ1v) is 15.2. The van der Waals surface area contributed by atoms with Crippen LogP contribution in [-0.2, 0) is 0 Å². The molecule has 44 heavy (non-hydrogen) atoms. The normalized spacial score (nSPS) is 12.1. The smallest absolute Gasteiger partial charge is 0.0547 e. The summed E-state index contributed by atoms with van der Waals surface area (Å²) in [6.45, 7) is 0.